The van der Waals surface area contributed by atoms with Crippen LogP contribution in [-0.2, 0) is 11.3 Å². The summed E-state index contributed by atoms with van der Waals surface area (Å²) < 4.78 is 30.0. The van der Waals surface area contributed by atoms with Gasteiger partial charge < -0.3 is 23.8 Å². The van der Waals surface area contributed by atoms with Crippen LogP contribution in [0.15, 0.2) is 40.9 Å². The summed E-state index contributed by atoms with van der Waals surface area (Å²) in [6, 6.07) is 9.65. The number of aromatic nitrogens is 2. The van der Waals surface area contributed by atoms with Crippen molar-refractivity contribution in [2.45, 2.75) is 32.2 Å². The first-order valence-corrected chi connectivity index (χ1v) is 12.0. The summed E-state index contributed by atoms with van der Waals surface area (Å²) >= 11 is 0. The highest BCUT2D eigenvalue weighted by Crippen LogP contribution is 2.33. The van der Waals surface area contributed by atoms with E-state index >= 15 is 0 Å². The number of amides is 2. The Morgan fingerprint density at radius 3 is 2.72 bits per heavy atom. The number of nitrogens with zero attached hydrogens (tertiary/aromatic N) is 4. The van der Waals surface area contributed by atoms with E-state index in [2.05, 4.69) is 10.1 Å². The van der Waals surface area contributed by atoms with Crippen molar-refractivity contribution in [1.82, 2.24) is 19.9 Å². The minimum atomic E-state index is -0.455. The summed E-state index contributed by atoms with van der Waals surface area (Å²) in [5.41, 5.74) is 1.83. The maximum absolute atomic E-state index is 13.5. The number of methoxy groups -OCH3 is 1. The maximum Gasteiger partial charge on any atom is 0.255 e. The van der Waals surface area contributed by atoms with Crippen LogP contribution in [0.1, 0.15) is 47.5 Å². The van der Waals surface area contributed by atoms with Crippen LogP contribution in [-0.4, -0.2) is 65.1 Å². The predicted octanol–water partition coefficient (Wildman–Crippen LogP) is 3.65. The molecule has 2 amide bonds. The fourth-order valence-corrected chi connectivity index (χ4v) is 4.70. The summed E-state index contributed by atoms with van der Waals surface area (Å²) in [5, 5.41) is 4.14. The molecule has 188 valence electrons. The molecule has 1 saturated heterocycles. The van der Waals surface area contributed by atoms with E-state index in [0.29, 0.717) is 67.9 Å². The highest BCUT2D eigenvalue weighted by Gasteiger charge is 2.32. The molecule has 1 aromatic heterocycles. The van der Waals surface area contributed by atoms with Crippen molar-refractivity contribution in [2.75, 3.05) is 33.4 Å². The Morgan fingerprint density at radius 2 is 1.97 bits per heavy atom. The number of likely N-dealkylation sites (tertiary alicyclic amines) is 1. The number of hydrogen-bond donors (Lipinski definition) is 0. The van der Waals surface area contributed by atoms with Gasteiger partial charge in [-0.05, 0) is 55.7 Å². The van der Waals surface area contributed by atoms with E-state index < -0.39 is 5.82 Å². The van der Waals surface area contributed by atoms with Crippen molar-refractivity contribution in [1.29, 1.82) is 0 Å². The van der Waals surface area contributed by atoms with Gasteiger partial charge >= 0.3 is 0 Å². The maximum atomic E-state index is 13.5. The summed E-state index contributed by atoms with van der Waals surface area (Å²) in [6.45, 7) is 3.79. The normalized spacial score (nSPS) is 15.8. The van der Waals surface area contributed by atoms with Crippen molar-refractivity contribution in [2.24, 2.45) is 0 Å². The Morgan fingerprint density at radius 1 is 1.17 bits per heavy atom. The Labute approximate surface area is 207 Å². The van der Waals surface area contributed by atoms with Gasteiger partial charge in [-0.3, -0.25) is 9.59 Å². The van der Waals surface area contributed by atoms with Crippen LogP contribution >= 0.6 is 0 Å². The fourth-order valence-electron chi connectivity index (χ4n) is 4.70. The second kappa shape index (κ2) is 9.96. The van der Waals surface area contributed by atoms with Crippen molar-refractivity contribution < 1.29 is 28.0 Å². The van der Waals surface area contributed by atoms with E-state index in [9.17, 15) is 14.0 Å². The number of fused-ring (bicyclic) bond motifs is 1. The minimum Gasteiger partial charge on any atom is -0.493 e. The molecular formula is C26H27FN4O5. The molecule has 2 aliphatic rings. The zero-order valence-electron chi connectivity index (χ0n) is 20.2. The average Bonchev–Trinajstić information content (AvgIpc) is 3.50. The van der Waals surface area contributed by atoms with Gasteiger partial charge in [0, 0.05) is 36.7 Å². The number of benzene rings is 2. The predicted molar refractivity (Wildman–Crippen MR) is 127 cm³/mol. The number of carbonyl (C=O) groups is 2. The zero-order chi connectivity index (χ0) is 25.2. The van der Waals surface area contributed by atoms with Gasteiger partial charge in [0.1, 0.15) is 12.4 Å². The molecule has 0 bridgehead atoms. The molecule has 3 aromatic rings. The number of halogens is 1. The van der Waals surface area contributed by atoms with Gasteiger partial charge in [-0.15, -0.1) is 0 Å². The lowest BCUT2D eigenvalue weighted by atomic mass is 9.96. The molecule has 10 heteroatoms. The monoisotopic (exact) mass is 494 g/mol. The SMILES string of the molecule is CCOc1ccc(-c2noc(C3CCN(C(=O)CN4Cc5ccc(F)cc5C4=O)CC3)n2)cc1OC. The quantitative estimate of drug-likeness (QED) is 0.495. The fraction of sp³-hybridized carbons (Fsp3) is 0.385. The lowest BCUT2D eigenvalue weighted by Gasteiger charge is -2.31. The highest BCUT2D eigenvalue weighted by molar-refractivity contribution is 6.00. The molecule has 0 spiro atoms. The molecule has 36 heavy (non-hydrogen) atoms. The summed E-state index contributed by atoms with van der Waals surface area (Å²) in [4.78, 5) is 33.2. The second-order valence-electron chi connectivity index (χ2n) is 8.87. The van der Waals surface area contributed by atoms with Crippen LogP contribution < -0.4 is 9.47 Å². The zero-order valence-corrected chi connectivity index (χ0v) is 20.2. The molecular weight excluding hydrogens is 467 g/mol. The number of rotatable bonds is 7. The van der Waals surface area contributed by atoms with Crippen LogP contribution in [0.2, 0.25) is 0 Å². The Kier molecular flexibility index (Phi) is 6.58. The smallest absolute Gasteiger partial charge is 0.255 e. The molecule has 2 aromatic carbocycles. The Bertz CT molecular complexity index is 1290. The van der Waals surface area contributed by atoms with Crippen LogP contribution in [0.3, 0.4) is 0 Å². The van der Waals surface area contributed by atoms with Crippen molar-refractivity contribution >= 4 is 11.8 Å². The first-order valence-electron chi connectivity index (χ1n) is 12.0. The van der Waals surface area contributed by atoms with E-state index in [4.69, 9.17) is 14.0 Å². The van der Waals surface area contributed by atoms with Gasteiger partial charge in [0.15, 0.2) is 11.5 Å². The minimum absolute atomic E-state index is 0.0237. The molecule has 0 atom stereocenters. The first-order chi connectivity index (χ1) is 17.5. The second-order valence-corrected chi connectivity index (χ2v) is 8.87. The topological polar surface area (TPSA) is 98.0 Å². The van der Waals surface area contributed by atoms with Gasteiger partial charge in [0.05, 0.1) is 13.7 Å². The number of ether oxygens (including phenoxy) is 2. The first kappa shape index (κ1) is 23.8. The summed E-state index contributed by atoms with van der Waals surface area (Å²) in [5.74, 6) is 1.41. The van der Waals surface area contributed by atoms with Gasteiger partial charge in [-0.2, -0.15) is 4.98 Å². The molecule has 1 fully saturated rings. The van der Waals surface area contributed by atoms with E-state index in [1.54, 1.807) is 18.1 Å². The van der Waals surface area contributed by atoms with E-state index in [1.807, 2.05) is 25.1 Å². The molecule has 0 saturated carbocycles. The van der Waals surface area contributed by atoms with Gasteiger partial charge in [-0.1, -0.05) is 11.2 Å². The van der Waals surface area contributed by atoms with Crippen LogP contribution in [0.5, 0.6) is 11.5 Å². The van der Waals surface area contributed by atoms with Gasteiger partial charge in [0.2, 0.25) is 17.6 Å². The third kappa shape index (κ3) is 4.62. The van der Waals surface area contributed by atoms with Crippen LogP contribution in [0.25, 0.3) is 11.4 Å². The lowest BCUT2D eigenvalue weighted by molar-refractivity contribution is -0.133. The lowest BCUT2D eigenvalue weighted by Crippen LogP contribution is -2.44. The molecule has 0 unspecified atom stereocenters. The van der Waals surface area contributed by atoms with Crippen LogP contribution in [0, 0.1) is 5.82 Å². The van der Waals surface area contributed by atoms with Crippen molar-refractivity contribution in [3.63, 3.8) is 0 Å². The van der Waals surface area contributed by atoms with E-state index in [-0.39, 0.29) is 24.3 Å². The van der Waals surface area contributed by atoms with E-state index in [1.165, 1.54) is 17.0 Å². The van der Waals surface area contributed by atoms with Crippen molar-refractivity contribution in [3.05, 3.63) is 59.2 Å². The van der Waals surface area contributed by atoms with E-state index in [0.717, 1.165) is 11.1 Å². The largest absolute Gasteiger partial charge is 0.493 e. The van der Waals surface area contributed by atoms with Gasteiger partial charge in [0.25, 0.3) is 5.91 Å². The van der Waals surface area contributed by atoms with Crippen LogP contribution in [0.4, 0.5) is 4.39 Å². The van der Waals surface area contributed by atoms with Gasteiger partial charge in [-0.25, -0.2) is 4.39 Å². The summed E-state index contributed by atoms with van der Waals surface area (Å²) in [7, 11) is 1.58. The molecule has 0 aliphatic carbocycles. The number of piperidine rings is 1. The highest BCUT2D eigenvalue weighted by atomic mass is 19.1. The molecule has 5 rings (SSSR count). The molecule has 0 radical (unpaired) electrons. The van der Waals surface area contributed by atoms with Crippen molar-refractivity contribution in [3.8, 4) is 22.9 Å². The number of hydrogen-bond acceptors (Lipinski definition) is 7. The standard InChI is InChI=1S/C26H27FN4O5/c1-3-35-21-7-5-17(12-22(21)34-2)24-28-25(36-29-24)16-8-10-30(11-9-16)23(32)15-31-14-18-4-6-19(27)13-20(18)26(31)33/h4-7,12-13,16H,3,8-11,14-15H2,1-2H3. The Balaban J connectivity index is 1.18. The molecule has 9 nitrogen and oxygen atoms in total. The summed E-state index contributed by atoms with van der Waals surface area (Å²) in [6.07, 6.45) is 1.36. The molecule has 3 heterocycles. The average molecular weight is 495 g/mol. The molecule has 2 aliphatic heterocycles. The Hall–Kier alpha value is -3.95. The third-order valence-corrected chi connectivity index (χ3v) is 6.64. The molecule has 0 N–H and O–H groups in total. The number of carbonyl (C=O) groups excluding carboxylic acids is 2. The third-order valence-electron chi connectivity index (χ3n) is 6.64.